The van der Waals surface area contributed by atoms with Crippen LogP contribution in [0, 0.1) is 0 Å². The van der Waals surface area contributed by atoms with Gasteiger partial charge in [-0.3, -0.25) is 0 Å². The SMILES string of the molecule is CCc1ccc([C@H](C)NS(=O)(=O)c2ccc(OC)c(C(C)C)c2)cc1. The zero-order valence-corrected chi connectivity index (χ0v) is 16.4. The molecule has 0 saturated heterocycles. The minimum atomic E-state index is -3.61. The molecule has 0 unspecified atom stereocenters. The normalized spacial score (nSPS) is 13.0. The topological polar surface area (TPSA) is 55.4 Å². The van der Waals surface area contributed by atoms with Gasteiger partial charge in [0.2, 0.25) is 10.0 Å². The van der Waals surface area contributed by atoms with E-state index in [0.717, 1.165) is 17.5 Å². The van der Waals surface area contributed by atoms with Crippen molar-refractivity contribution >= 4 is 10.0 Å². The van der Waals surface area contributed by atoms with Crippen molar-refractivity contribution in [2.75, 3.05) is 7.11 Å². The Labute approximate surface area is 151 Å². The number of hydrogen-bond donors (Lipinski definition) is 1. The second-order valence-electron chi connectivity index (χ2n) is 6.50. The van der Waals surface area contributed by atoms with Crippen LogP contribution < -0.4 is 9.46 Å². The van der Waals surface area contributed by atoms with E-state index in [1.807, 2.05) is 45.0 Å². The molecule has 0 fully saturated rings. The van der Waals surface area contributed by atoms with E-state index in [1.54, 1.807) is 25.3 Å². The molecule has 1 N–H and O–H groups in total. The van der Waals surface area contributed by atoms with Crippen molar-refractivity contribution in [3.63, 3.8) is 0 Å². The summed E-state index contributed by atoms with van der Waals surface area (Å²) >= 11 is 0. The highest BCUT2D eigenvalue weighted by Gasteiger charge is 2.20. The van der Waals surface area contributed by atoms with E-state index in [0.29, 0.717) is 5.75 Å². The van der Waals surface area contributed by atoms with Crippen molar-refractivity contribution in [3.05, 3.63) is 59.2 Å². The van der Waals surface area contributed by atoms with Crippen LogP contribution >= 0.6 is 0 Å². The maximum absolute atomic E-state index is 12.8. The number of methoxy groups -OCH3 is 1. The molecule has 2 aromatic rings. The van der Waals surface area contributed by atoms with Gasteiger partial charge in [-0.1, -0.05) is 45.0 Å². The summed E-state index contributed by atoms with van der Waals surface area (Å²) in [7, 11) is -2.02. The van der Waals surface area contributed by atoms with E-state index >= 15 is 0 Å². The average molecular weight is 362 g/mol. The first-order valence-corrected chi connectivity index (χ1v) is 10.1. The maximum atomic E-state index is 12.8. The van der Waals surface area contributed by atoms with Gasteiger partial charge < -0.3 is 4.74 Å². The number of hydrogen-bond acceptors (Lipinski definition) is 3. The fraction of sp³-hybridized carbons (Fsp3) is 0.400. The highest BCUT2D eigenvalue weighted by Crippen LogP contribution is 2.29. The van der Waals surface area contributed by atoms with Crippen LogP contribution in [0.25, 0.3) is 0 Å². The third kappa shape index (κ3) is 4.61. The van der Waals surface area contributed by atoms with Crippen molar-refractivity contribution in [2.24, 2.45) is 0 Å². The first kappa shape index (κ1) is 19.5. The molecule has 0 aromatic heterocycles. The number of sulfonamides is 1. The molecule has 0 aliphatic rings. The van der Waals surface area contributed by atoms with E-state index in [4.69, 9.17) is 4.74 Å². The molecule has 0 aliphatic carbocycles. The van der Waals surface area contributed by atoms with Gasteiger partial charge in [0.05, 0.1) is 12.0 Å². The Bertz CT molecular complexity index is 811. The van der Waals surface area contributed by atoms with Crippen molar-refractivity contribution in [1.82, 2.24) is 4.72 Å². The number of ether oxygens (including phenoxy) is 1. The maximum Gasteiger partial charge on any atom is 0.241 e. The zero-order valence-electron chi connectivity index (χ0n) is 15.5. The van der Waals surface area contributed by atoms with E-state index in [-0.39, 0.29) is 16.9 Å². The van der Waals surface area contributed by atoms with Crippen LogP contribution in [0.3, 0.4) is 0 Å². The standard InChI is InChI=1S/C20H27NO3S/c1-6-16-7-9-17(10-8-16)15(4)21-25(22,23)18-11-12-20(24-5)19(13-18)14(2)3/h7-15,21H,6H2,1-5H3/t15-/m0/s1. The first-order valence-electron chi connectivity index (χ1n) is 8.57. The molecule has 0 heterocycles. The van der Waals surface area contributed by atoms with Gasteiger partial charge in [-0.25, -0.2) is 13.1 Å². The molecule has 0 amide bonds. The molecular weight excluding hydrogens is 334 g/mol. The van der Waals surface area contributed by atoms with E-state index < -0.39 is 10.0 Å². The molecule has 1 atom stereocenters. The lowest BCUT2D eigenvalue weighted by atomic mass is 10.0. The average Bonchev–Trinajstić information content (AvgIpc) is 2.60. The summed E-state index contributed by atoms with van der Waals surface area (Å²) < 4.78 is 33.6. The Morgan fingerprint density at radius 1 is 1.04 bits per heavy atom. The summed E-state index contributed by atoms with van der Waals surface area (Å²) in [6.45, 7) is 7.97. The van der Waals surface area contributed by atoms with Gasteiger partial charge in [-0.05, 0) is 54.2 Å². The number of rotatable bonds is 7. The Morgan fingerprint density at radius 2 is 1.68 bits per heavy atom. The summed E-state index contributed by atoms with van der Waals surface area (Å²) in [6.07, 6.45) is 0.963. The van der Waals surface area contributed by atoms with Gasteiger partial charge in [0.15, 0.2) is 0 Å². The van der Waals surface area contributed by atoms with E-state index in [9.17, 15) is 8.42 Å². The Morgan fingerprint density at radius 3 is 2.20 bits per heavy atom. The van der Waals surface area contributed by atoms with Crippen LogP contribution in [0.15, 0.2) is 47.4 Å². The lowest BCUT2D eigenvalue weighted by Gasteiger charge is -2.17. The Hall–Kier alpha value is -1.85. The van der Waals surface area contributed by atoms with Crippen molar-refractivity contribution < 1.29 is 13.2 Å². The Balaban J connectivity index is 2.27. The summed E-state index contributed by atoms with van der Waals surface area (Å²) in [5, 5.41) is 0. The molecule has 0 radical (unpaired) electrons. The Kier molecular flexibility index (Phi) is 6.25. The lowest BCUT2D eigenvalue weighted by Crippen LogP contribution is -2.27. The number of benzene rings is 2. The molecule has 0 spiro atoms. The fourth-order valence-corrected chi connectivity index (χ4v) is 4.01. The molecule has 2 rings (SSSR count). The summed E-state index contributed by atoms with van der Waals surface area (Å²) in [5.41, 5.74) is 3.05. The quantitative estimate of drug-likeness (QED) is 0.794. The lowest BCUT2D eigenvalue weighted by molar-refractivity contribution is 0.407. The third-order valence-corrected chi connectivity index (χ3v) is 5.89. The molecule has 4 nitrogen and oxygen atoms in total. The highest BCUT2D eigenvalue weighted by molar-refractivity contribution is 7.89. The van der Waals surface area contributed by atoms with Crippen molar-refractivity contribution in [3.8, 4) is 5.75 Å². The fourth-order valence-electron chi connectivity index (χ4n) is 2.74. The predicted molar refractivity (Wildman–Crippen MR) is 102 cm³/mol. The van der Waals surface area contributed by atoms with Gasteiger partial charge in [-0.15, -0.1) is 0 Å². The highest BCUT2D eigenvalue weighted by atomic mass is 32.2. The van der Waals surface area contributed by atoms with Crippen LogP contribution in [-0.2, 0) is 16.4 Å². The molecule has 0 aliphatic heterocycles. The van der Waals surface area contributed by atoms with Gasteiger partial charge in [0, 0.05) is 6.04 Å². The van der Waals surface area contributed by atoms with Crippen LogP contribution in [0.1, 0.15) is 56.3 Å². The molecule has 25 heavy (non-hydrogen) atoms. The molecule has 0 saturated carbocycles. The molecule has 2 aromatic carbocycles. The monoisotopic (exact) mass is 361 g/mol. The van der Waals surface area contributed by atoms with Gasteiger partial charge in [0.1, 0.15) is 5.75 Å². The van der Waals surface area contributed by atoms with E-state index in [1.165, 1.54) is 5.56 Å². The minimum absolute atomic E-state index is 0.170. The van der Waals surface area contributed by atoms with Gasteiger partial charge in [0.25, 0.3) is 0 Å². The number of nitrogens with one attached hydrogen (secondary N) is 1. The van der Waals surface area contributed by atoms with Gasteiger partial charge in [-0.2, -0.15) is 0 Å². The summed E-state index contributed by atoms with van der Waals surface area (Å²) in [4.78, 5) is 0.258. The third-order valence-electron chi connectivity index (χ3n) is 4.35. The second-order valence-corrected chi connectivity index (χ2v) is 8.21. The van der Waals surface area contributed by atoms with Crippen molar-refractivity contribution in [1.29, 1.82) is 0 Å². The smallest absolute Gasteiger partial charge is 0.241 e. The molecule has 136 valence electrons. The summed E-state index contributed by atoms with van der Waals surface area (Å²) in [5.74, 6) is 0.876. The van der Waals surface area contributed by atoms with Crippen molar-refractivity contribution in [2.45, 2.75) is 51.0 Å². The van der Waals surface area contributed by atoms with Crippen LogP contribution in [0.4, 0.5) is 0 Å². The summed E-state index contributed by atoms with van der Waals surface area (Å²) in [6, 6.07) is 12.7. The molecule has 5 heteroatoms. The second kappa shape index (κ2) is 8.02. The minimum Gasteiger partial charge on any atom is -0.496 e. The van der Waals surface area contributed by atoms with Crippen LogP contribution in [0.5, 0.6) is 5.75 Å². The largest absolute Gasteiger partial charge is 0.496 e. The van der Waals surface area contributed by atoms with Crippen LogP contribution in [-0.4, -0.2) is 15.5 Å². The molecule has 0 bridgehead atoms. The first-order chi connectivity index (χ1) is 11.8. The molecular formula is C20H27NO3S. The number of aryl methyl sites for hydroxylation is 1. The van der Waals surface area contributed by atoms with Gasteiger partial charge >= 0.3 is 0 Å². The van der Waals surface area contributed by atoms with Crippen LogP contribution in [0.2, 0.25) is 0 Å². The predicted octanol–water partition coefficient (Wildman–Crippen LogP) is 4.42. The van der Waals surface area contributed by atoms with E-state index in [2.05, 4.69) is 11.6 Å². The zero-order chi connectivity index (χ0) is 18.6.